The largest absolute Gasteiger partial charge is 0.395 e. The van der Waals surface area contributed by atoms with Crippen molar-refractivity contribution in [1.82, 2.24) is 4.31 Å². The zero-order chi connectivity index (χ0) is 15.1. The minimum absolute atomic E-state index is 0.0469. The van der Waals surface area contributed by atoms with Crippen molar-refractivity contribution in [3.8, 4) is 0 Å². The van der Waals surface area contributed by atoms with Gasteiger partial charge in [0.1, 0.15) is 0 Å². The molecule has 0 amide bonds. The van der Waals surface area contributed by atoms with E-state index in [4.69, 9.17) is 5.11 Å². The Balaban J connectivity index is 2.41. The number of sulfonamides is 1. The van der Waals surface area contributed by atoms with Crippen LogP contribution in [0.1, 0.15) is 12.0 Å². The van der Waals surface area contributed by atoms with Crippen molar-refractivity contribution in [1.29, 1.82) is 0 Å². The predicted molar refractivity (Wildman–Crippen MR) is 73.2 cm³/mol. The fourth-order valence-electron chi connectivity index (χ4n) is 2.22. The van der Waals surface area contributed by atoms with E-state index in [1.54, 1.807) is 13.0 Å². The molecule has 0 aliphatic carbocycles. The fraction of sp³-hybridized carbons (Fsp3) is 0.500. The Hall–Kier alpha value is -0.570. The van der Waals surface area contributed by atoms with Crippen LogP contribution in [-0.4, -0.2) is 42.9 Å². The minimum Gasteiger partial charge on any atom is -0.395 e. The second-order valence-electron chi connectivity index (χ2n) is 4.86. The van der Waals surface area contributed by atoms with Crippen molar-refractivity contribution in [2.45, 2.75) is 30.2 Å². The van der Waals surface area contributed by atoms with Crippen molar-refractivity contribution in [2.75, 3.05) is 13.2 Å². The van der Waals surface area contributed by atoms with Crippen molar-refractivity contribution < 1.29 is 22.3 Å². The molecular weight excluding hydrogens is 356 g/mol. The highest BCUT2D eigenvalue weighted by atomic mass is 79.9. The summed E-state index contributed by atoms with van der Waals surface area (Å²) in [6, 6.07) is 3.25. The van der Waals surface area contributed by atoms with Gasteiger partial charge in [-0.2, -0.15) is 4.31 Å². The number of aryl methyl sites for hydroxylation is 1. The highest BCUT2D eigenvalue weighted by molar-refractivity contribution is 9.10. The van der Waals surface area contributed by atoms with Crippen LogP contribution in [-0.2, 0) is 10.0 Å². The molecule has 0 spiro atoms. The third kappa shape index (κ3) is 2.88. The highest BCUT2D eigenvalue weighted by Gasteiger charge is 2.49. The predicted octanol–water partition coefficient (Wildman–Crippen LogP) is 2.15. The molecule has 0 bridgehead atoms. The van der Waals surface area contributed by atoms with Gasteiger partial charge in [0.15, 0.2) is 0 Å². The van der Waals surface area contributed by atoms with Gasteiger partial charge in [0.25, 0.3) is 5.92 Å². The minimum atomic E-state index is -4.04. The Kier molecular flexibility index (Phi) is 4.21. The third-order valence-corrected chi connectivity index (χ3v) is 6.06. The zero-order valence-corrected chi connectivity index (χ0v) is 13.1. The van der Waals surface area contributed by atoms with E-state index in [9.17, 15) is 17.2 Å². The maximum atomic E-state index is 13.4. The first-order valence-electron chi connectivity index (χ1n) is 5.94. The van der Waals surface area contributed by atoms with Crippen LogP contribution in [0, 0.1) is 6.92 Å². The van der Waals surface area contributed by atoms with Gasteiger partial charge in [-0.1, -0.05) is 15.9 Å². The van der Waals surface area contributed by atoms with E-state index >= 15 is 0 Å². The number of alkyl halides is 2. The van der Waals surface area contributed by atoms with Crippen LogP contribution in [0.2, 0.25) is 0 Å². The van der Waals surface area contributed by atoms with Gasteiger partial charge in [0.2, 0.25) is 10.0 Å². The molecule has 8 heteroatoms. The molecule has 0 unspecified atom stereocenters. The summed E-state index contributed by atoms with van der Waals surface area (Å²) in [6.07, 6.45) is -0.655. The van der Waals surface area contributed by atoms with Gasteiger partial charge < -0.3 is 5.11 Å². The highest BCUT2D eigenvalue weighted by Crippen LogP contribution is 2.36. The van der Waals surface area contributed by atoms with Gasteiger partial charge in [-0.05, 0) is 30.7 Å². The molecule has 0 saturated carbocycles. The topological polar surface area (TPSA) is 57.6 Å². The molecule has 1 aliphatic heterocycles. The van der Waals surface area contributed by atoms with Crippen molar-refractivity contribution in [2.24, 2.45) is 0 Å². The molecule has 1 N–H and O–H groups in total. The summed E-state index contributed by atoms with van der Waals surface area (Å²) in [4.78, 5) is -0.0469. The monoisotopic (exact) mass is 369 g/mol. The Morgan fingerprint density at radius 3 is 2.70 bits per heavy atom. The van der Waals surface area contributed by atoms with E-state index in [0.717, 1.165) is 4.47 Å². The lowest BCUT2D eigenvalue weighted by Crippen LogP contribution is -2.38. The first kappa shape index (κ1) is 15.8. The van der Waals surface area contributed by atoms with E-state index in [1.807, 2.05) is 0 Å². The summed E-state index contributed by atoms with van der Waals surface area (Å²) in [5, 5.41) is 9.13. The summed E-state index contributed by atoms with van der Waals surface area (Å²) in [5.41, 5.74) is 0.692. The molecule has 112 valence electrons. The standard InChI is InChI=1S/C12H14BrF2NO3S/c1-8-4-10(2-3-11(8)13)20(18,19)16-7-12(14,15)5-9(16)6-17/h2-4,9,17H,5-7H2,1H3/t9-/m1/s1. The van der Waals surface area contributed by atoms with Crippen LogP contribution in [0.4, 0.5) is 8.78 Å². The molecular formula is C12H14BrF2NO3S. The quantitative estimate of drug-likeness (QED) is 0.887. The Labute approximate surface area is 124 Å². The number of hydrogen-bond donors (Lipinski definition) is 1. The lowest BCUT2D eigenvalue weighted by Gasteiger charge is -2.22. The average Bonchev–Trinajstić information content (AvgIpc) is 2.68. The molecule has 4 nitrogen and oxygen atoms in total. The molecule has 1 aromatic rings. The van der Waals surface area contributed by atoms with Crippen LogP contribution >= 0.6 is 15.9 Å². The Morgan fingerprint density at radius 1 is 1.50 bits per heavy atom. The maximum Gasteiger partial charge on any atom is 0.263 e. The lowest BCUT2D eigenvalue weighted by atomic mass is 10.2. The molecule has 0 aromatic heterocycles. The van der Waals surface area contributed by atoms with Gasteiger partial charge in [0.05, 0.1) is 24.1 Å². The normalized spacial score (nSPS) is 23.1. The lowest BCUT2D eigenvalue weighted by molar-refractivity contribution is 0.0161. The summed E-state index contributed by atoms with van der Waals surface area (Å²) < 4.78 is 53.1. The van der Waals surface area contributed by atoms with Gasteiger partial charge in [0, 0.05) is 10.9 Å². The molecule has 0 radical (unpaired) electrons. The van der Waals surface area contributed by atoms with Crippen molar-refractivity contribution in [3.63, 3.8) is 0 Å². The van der Waals surface area contributed by atoms with E-state index in [1.165, 1.54) is 12.1 Å². The molecule has 1 aliphatic rings. The smallest absolute Gasteiger partial charge is 0.263 e. The van der Waals surface area contributed by atoms with E-state index in [2.05, 4.69) is 15.9 Å². The molecule has 1 heterocycles. The molecule has 1 saturated heterocycles. The SMILES string of the molecule is Cc1cc(S(=O)(=O)N2CC(F)(F)C[C@@H]2CO)ccc1Br. The van der Waals surface area contributed by atoms with Crippen LogP contribution in [0.15, 0.2) is 27.6 Å². The van der Waals surface area contributed by atoms with Crippen LogP contribution in [0.3, 0.4) is 0 Å². The van der Waals surface area contributed by atoms with Gasteiger partial charge in [-0.15, -0.1) is 0 Å². The number of aliphatic hydroxyl groups is 1. The second-order valence-corrected chi connectivity index (χ2v) is 7.60. The summed E-state index contributed by atoms with van der Waals surface area (Å²) in [5.74, 6) is -3.11. The molecule has 1 fully saturated rings. The summed E-state index contributed by atoms with van der Waals surface area (Å²) in [7, 11) is -4.04. The Bertz CT molecular complexity index is 621. The van der Waals surface area contributed by atoms with Crippen molar-refractivity contribution in [3.05, 3.63) is 28.2 Å². The van der Waals surface area contributed by atoms with Crippen molar-refractivity contribution >= 4 is 26.0 Å². The van der Waals surface area contributed by atoms with E-state index in [0.29, 0.717) is 9.87 Å². The first-order valence-corrected chi connectivity index (χ1v) is 8.17. The summed E-state index contributed by atoms with van der Waals surface area (Å²) in [6.45, 7) is 0.200. The van der Waals surface area contributed by atoms with Crippen LogP contribution < -0.4 is 0 Å². The summed E-state index contributed by atoms with van der Waals surface area (Å²) >= 11 is 3.25. The van der Waals surface area contributed by atoms with Gasteiger partial charge in [-0.3, -0.25) is 0 Å². The second kappa shape index (κ2) is 5.32. The number of rotatable bonds is 3. The number of hydrogen-bond acceptors (Lipinski definition) is 3. The molecule has 2 rings (SSSR count). The third-order valence-electron chi connectivity index (χ3n) is 3.28. The maximum absolute atomic E-state index is 13.4. The van der Waals surface area contributed by atoms with E-state index in [-0.39, 0.29) is 4.90 Å². The van der Waals surface area contributed by atoms with Crippen LogP contribution in [0.25, 0.3) is 0 Å². The number of aliphatic hydroxyl groups excluding tert-OH is 1. The number of benzene rings is 1. The first-order chi connectivity index (χ1) is 9.17. The molecule has 20 heavy (non-hydrogen) atoms. The Morgan fingerprint density at radius 2 is 2.15 bits per heavy atom. The van der Waals surface area contributed by atoms with Crippen LogP contribution in [0.5, 0.6) is 0 Å². The average molecular weight is 370 g/mol. The zero-order valence-electron chi connectivity index (χ0n) is 10.7. The molecule has 1 aromatic carbocycles. The number of halogens is 3. The fourth-order valence-corrected chi connectivity index (χ4v) is 4.19. The molecule has 1 atom stereocenters. The van der Waals surface area contributed by atoms with Gasteiger partial charge >= 0.3 is 0 Å². The van der Waals surface area contributed by atoms with E-state index < -0.39 is 41.6 Å². The number of nitrogens with zero attached hydrogens (tertiary/aromatic N) is 1. The van der Waals surface area contributed by atoms with Gasteiger partial charge in [-0.25, -0.2) is 17.2 Å².